The summed E-state index contributed by atoms with van der Waals surface area (Å²) >= 11 is 0. The van der Waals surface area contributed by atoms with Crippen LogP contribution in [0.3, 0.4) is 0 Å². The van der Waals surface area contributed by atoms with Crippen LogP contribution in [0.2, 0.25) is 0 Å². The molecular weight excluding hydrogens is 1270 g/mol. The van der Waals surface area contributed by atoms with Crippen molar-refractivity contribution in [2.45, 2.75) is 348 Å². The van der Waals surface area contributed by atoms with Gasteiger partial charge in [0.05, 0.1) is 60.3 Å². The van der Waals surface area contributed by atoms with E-state index in [4.69, 9.17) is 42.4 Å². The monoisotopic (exact) mass is 1400 g/mol. The highest BCUT2D eigenvalue weighted by Gasteiger charge is 2.61. The number of esters is 3. The number of allylic oxidation sites excluding steroid dienone is 1. The van der Waals surface area contributed by atoms with Crippen molar-refractivity contribution < 1.29 is 99.4 Å². The summed E-state index contributed by atoms with van der Waals surface area (Å²) in [5.41, 5.74) is -3.10. The average molecular weight is 1400 g/mol. The predicted molar refractivity (Wildman–Crippen MR) is 367 cm³/mol. The summed E-state index contributed by atoms with van der Waals surface area (Å²) < 4.78 is 82.5. The van der Waals surface area contributed by atoms with E-state index in [1.807, 2.05) is 38.9 Å². The first-order chi connectivity index (χ1) is 45.3. The number of aliphatic hydroxyl groups is 4. The molecule has 3 saturated carbocycles. The lowest BCUT2D eigenvalue weighted by molar-refractivity contribution is -0.319. The molecule has 97 heavy (non-hydrogen) atoms. The maximum absolute atomic E-state index is 14.2. The fourth-order valence-electron chi connectivity index (χ4n) is 17.5. The topological polar surface area (TPSA) is 307 Å². The number of likely N-dealkylation sites (N-methyl/N-ethyl adjacent to an activating group) is 1. The van der Waals surface area contributed by atoms with E-state index in [1.165, 1.54) is 97.7 Å². The number of Topliss-reactive ketones (excluding diaryl/α,β-unsaturated/α-hetero) is 1. The minimum atomic E-state index is -4.23. The molecule has 7 aliphatic rings. The molecule has 0 bridgehead atoms. The molecule has 562 valence electrons. The molecule has 0 spiro atoms. The largest absolute Gasteiger partial charge is 0.462 e. The summed E-state index contributed by atoms with van der Waals surface area (Å²) in [4.78, 5) is 66.7. The molecule has 23 heteroatoms. The van der Waals surface area contributed by atoms with Crippen LogP contribution in [0.15, 0.2) is 11.6 Å². The van der Waals surface area contributed by atoms with E-state index in [0.29, 0.717) is 36.9 Å². The number of unbranched alkanes of at least 4 members (excludes halogenated alkanes) is 9. The molecule has 22 nitrogen and oxygen atoms in total. The number of fused-ring (bicyclic) bond motifs is 5. The van der Waals surface area contributed by atoms with Gasteiger partial charge in [0.15, 0.2) is 24.5 Å². The second-order valence-corrected chi connectivity index (χ2v) is 32.2. The Morgan fingerprint density at radius 1 is 0.711 bits per heavy atom. The molecule has 3 heterocycles. The molecule has 24 atom stereocenters. The number of cyclic esters (lactones) is 1. The molecule has 3 saturated heterocycles. The van der Waals surface area contributed by atoms with Gasteiger partial charge in [-0.25, -0.2) is 4.18 Å². The van der Waals surface area contributed by atoms with Crippen molar-refractivity contribution in [3.05, 3.63) is 11.6 Å². The van der Waals surface area contributed by atoms with Crippen LogP contribution >= 0.6 is 0 Å². The van der Waals surface area contributed by atoms with Crippen LogP contribution in [0.5, 0.6) is 0 Å². The molecule has 4 aliphatic carbocycles. The van der Waals surface area contributed by atoms with E-state index in [-0.39, 0.29) is 67.3 Å². The summed E-state index contributed by atoms with van der Waals surface area (Å²) in [5.74, 6) is -3.18. The first kappa shape index (κ1) is 84.6. The van der Waals surface area contributed by atoms with Crippen LogP contribution < -0.4 is 0 Å². The number of carbonyl (C=O) groups excluding carboxylic acids is 5. The zero-order valence-corrected chi connectivity index (χ0v) is 63.2. The SMILES string of the molecule is CCC(=O)OC1C(OC2C(C)C(OC3CC(C)(OC)C(O)C(C)O3)C(C)C(=O)OC(CC)C(C)(O)C(O)C(C)C(=O)C(C)CC2(C)O)OC(C)CC1N(C)C.CCC(=O)OC1CCC2C3CCC4=CC(=O)CCC4(C)C3CCC12C.CCCCCCCCCCCCOS(=O)(=O)O. The Hall–Kier alpha value is -3.04. The van der Waals surface area contributed by atoms with Crippen LogP contribution in [0.1, 0.15) is 258 Å². The molecular formula is C74H129NO21S. The first-order valence-corrected chi connectivity index (χ1v) is 38.3. The van der Waals surface area contributed by atoms with Gasteiger partial charge in [-0.3, -0.25) is 28.5 Å². The second kappa shape index (κ2) is 36.9. The fourth-order valence-corrected chi connectivity index (χ4v) is 17.8. The Bertz CT molecular complexity index is 2670. The van der Waals surface area contributed by atoms with Gasteiger partial charge >= 0.3 is 28.3 Å². The Morgan fingerprint density at radius 2 is 1.32 bits per heavy atom. The van der Waals surface area contributed by atoms with Crippen LogP contribution in [-0.4, -0.2) is 186 Å². The number of ketones is 2. The van der Waals surface area contributed by atoms with Crippen molar-refractivity contribution in [2.75, 3.05) is 27.8 Å². The van der Waals surface area contributed by atoms with Crippen molar-refractivity contribution in [2.24, 2.45) is 52.3 Å². The maximum Gasteiger partial charge on any atom is 0.397 e. The Labute approximate surface area is 581 Å². The summed E-state index contributed by atoms with van der Waals surface area (Å²) in [6.07, 6.45) is 13.4. The van der Waals surface area contributed by atoms with Crippen molar-refractivity contribution in [3.63, 3.8) is 0 Å². The lowest BCUT2D eigenvalue weighted by Crippen LogP contribution is -2.61. The van der Waals surface area contributed by atoms with Gasteiger partial charge in [0.2, 0.25) is 0 Å². The molecule has 0 aromatic rings. The average Bonchev–Trinajstić information content (AvgIpc) is 1.70. The van der Waals surface area contributed by atoms with Gasteiger partial charge in [-0.15, -0.1) is 0 Å². The van der Waals surface area contributed by atoms with E-state index in [9.17, 15) is 52.8 Å². The van der Waals surface area contributed by atoms with Gasteiger partial charge in [-0.2, -0.15) is 8.42 Å². The number of hydrogen-bond donors (Lipinski definition) is 5. The molecule has 5 N–H and O–H groups in total. The fraction of sp³-hybridized carbons (Fsp3) is 0.905. The quantitative estimate of drug-likeness (QED) is 0.0275. The van der Waals surface area contributed by atoms with Crippen LogP contribution in [-0.2, 0) is 76.4 Å². The van der Waals surface area contributed by atoms with Crippen molar-refractivity contribution in [1.82, 2.24) is 4.90 Å². The van der Waals surface area contributed by atoms with E-state index >= 15 is 0 Å². The van der Waals surface area contributed by atoms with E-state index in [0.717, 1.165) is 50.9 Å². The van der Waals surface area contributed by atoms with Gasteiger partial charge in [-0.05, 0) is 156 Å². The summed E-state index contributed by atoms with van der Waals surface area (Å²) in [7, 11) is 0.973. The maximum atomic E-state index is 14.2. The molecule has 3 aliphatic heterocycles. The highest BCUT2D eigenvalue weighted by atomic mass is 32.3. The number of carbonyl (C=O) groups is 5. The van der Waals surface area contributed by atoms with E-state index in [2.05, 4.69) is 25.0 Å². The van der Waals surface area contributed by atoms with Gasteiger partial charge in [-0.1, -0.05) is 126 Å². The number of hydrogen-bond acceptors (Lipinski definition) is 21. The number of ether oxygens (including phenoxy) is 8. The second-order valence-electron chi connectivity index (χ2n) is 31.1. The van der Waals surface area contributed by atoms with Gasteiger partial charge in [0.25, 0.3) is 0 Å². The third-order valence-corrected chi connectivity index (χ3v) is 24.0. The van der Waals surface area contributed by atoms with Crippen molar-refractivity contribution in [3.8, 4) is 0 Å². The first-order valence-electron chi connectivity index (χ1n) is 36.9. The van der Waals surface area contributed by atoms with Gasteiger partial charge < -0.3 is 63.2 Å². The summed E-state index contributed by atoms with van der Waals surface area (Å²) in [6, 6.07) is -0.319. The van der Waals surface area contributed by atoms with E-state index in [1.54, 1.807) is 48.5 Å². The Morgan fingerprint density at radius 3 is 1.90 bits per heavy atom. The van der Waals surface area contributed by atoms with E-state index < -0.39 is 124 Å². The third-order valence-electron chi connectivity index (χ3n) is 23.5. The lowest BCUT2D eigenvalue weighted by atomic mass is 9.47. The third kappa shape index (κ3) is 21.8. The zero-order chi connectivity index (χ0) is 72.8. The smallest absolute Gasteiger partial charge is 0.397 e. The summed E-state index contributed by atoms with van der Waals surface area (Å²) in [5, 5.41) is 46.6. The Kier molecular flexibility index (Phi) is 32.2. The highest BCUT2D eigenvalue weighted by Crippen LogP contribution is 2.66. The highest BCUT2D eigenvalue weighted by molar-refractivity contribution is 7.80. The Balaban J connectivity index is 0.000000328. The summed E-state index contributed by atoms with van der Waals surface area (Å²) in [6.45, 7) is 27.0. The van der Waals surface area contributed by atoms with Gasteiger partial charge in [0, 0.05) is 56.0 Å². The number of rotatable bonds is 23. The lowest BCUT2D eigenvalue weighted by Gasteiger charge is -2.57. The molecule has 0 aromatic carbocycles. The number of nitrogens with zero attached hydrogens (tertiary/aromatic N) is 1. The molecule has 0 radical (unpaired) electrons. The van der Waals surface area contributed by atoms with Gasteiger partial charge in [0.1, 0.15) is 29.7 Å². The van der Waals surface area contributed by atoms with Crippen LogP contribution in [0, 0.1) is 52.3 Å². The number of methoxy groups -OCH3 is 1. The molecule has 24 unspecified atom stereocenters. The molecule has 0 amide bonds. The van der Waals surface area contributed by atoms with Crippen molar-refractivity contribution >= 4 is 39.9 Å². The van der Waals surface area contributed by atoms with Crippen molar-refractivity contribution in [1.29, 1.82) is 0 Å². The predicted octanol–water partition coefficient (Wildman–Crippen LogP) is 11.3. The standard InChI is InChI=1S/C40H71NO14.C22H32O3.C12H26O4S/c1-15-27-40(11,48)33(44)22(5)30(43)20(3)18-38(9,47)35(55-37-32(53-28(42)16-2)26(41(12)13)17-21(4)50-37)23(6)31(24(7)36(46)52-27)54-29-19-39(10,49-14)34(45)25(8)51-29;1-4-20(24)25-19-8-7-17-16-6-5-14-13-15(23)9-11-21(14,2)18(16)10-12-22(17,19)3;1-2-3-4-5-6-7-8-9-10-11-12-16-17(13,14)15/h20-27,29,31-35,37,44-45,47-48H,15-19H2,1-14H3;13,16-19H,4-12H2,1-3H3;2-12H2,1H3,(H,13,14,15). The number of aliphatic hydroxyl groups excluding tert-OH is 2. The molecule has 0 aromatic heterocycles. The molecule has 7 rings (SSSR count). The molecule has 6 fully saturated rings. The minimum absolute atomic E-state index is 0.0411. The van der Waals surface area contributed by atoms with Crippen LogP contribution in [0.25, 0.3) is 0 Å². The van der Waals surface area contributed by atoms with Crippen LogP contribution in [0.4, 0.5) is 0 Å². The minimum Gasteiger partial charge on any atom is -0.462 e. The zero-order valence-electron chi connectivity index (χ0n) is 62.3. The normalized spacial score (nSPS) is 40.5.